The van der Waals surface area contributed by atoms with Crippen LogP contribution in [0.15, 0.2) is 49.1 Å². The third kappa shape index (κ3) is 2.59. The van der Waals surface area contributed by atoms with Gasteiger partial charge in [0.1, 0.15) is 12.1 Å². The van der Waals surface area contributed by atoms with Crippen molar-refractivity contribution in [3.05, 3.63) is 49.1 Å². The van der Waals surface area contributed by atoms with Crippen molar-refractivity contribution in [2.24, 2.45) is 7.05 Å². The van der Waals surface area contributed by atoms with Crippen molar-refractivity contribution in [3.8, 4) is 22.9 Å². The minimum atomic E-state index is 0.476. The molecule has 3 aromatic rings. The van der Waals surface area contributed by atoms with Crippen LogP contribution in [0.25, 0.3) is 11.3 Å². The van der Waals surface area contributed by atoms with Crippen LogP contribution >= 0.6 is 0 Å². The minimum Gasteiger partial charge on any atom is -0.439 e. The molecule has 0 aliphatic rings. The molecular weight excluding hydrogens is 254 g/mol. The summed E-state index contributed by atoms with van der Waals surface area (Å²) in [6, 6.07) is 8.91. The predicted molar refractivity (Wildman–Crippen MR) is 75.2 cm³/mol. The molecule has 0 saturated carbocycles. The first-order valence-electron chi connectivity index (χ1n) is 6.05. The summed E-state index contributed by atoms with van der Waals surface area (Å²) in [6.07, 6.45) is 5.10. The number of nitrogens with two attached hydrogens (primary N) is 1. The molecule has 0 bridgehead atoms. The molecule has 0 spiro atoms. The van der Waals surface area contributed by atoms with Gasteiger partial charge in [0.25, 0.3) is 0 Å². The topological polar surface area (TPSA) is 78.9 Å². The maximum absolute atomic E-state index is 5.67. The highest BCUT2D eigenvalue weighted by molar-refractivity contribution is 5.57. The number of nitrogens with zero attached hydrogens (tertiary/aromatic N) is 4. The molecular formula is C14H13N5O. The average molecular weight is 267 g/mol. The summed E-state index contributed by atoms with van der Waals surface area (Å²) in [4.78, 5) is 8.31. The Morgan fingerprint density at radius 2 is 1.95 bits per heavy atom. The van der Waals surface area contributed by atoms with Crippen molar-refractivity contribution >= 4 is 5.69 Å². The quantitative estimate of drug-likeness (QED) is 0.736. The van der Waals surface area contributed by atoms with Crippen LogP contribution in [0.4, 0.5) is 5.69 Å². The molecule has 0 fully saturated rings. The van der Waals surface area contributed by atoms with Gasteiger partial charge in [-0.2, -0.15) is 5.10 Å². The van der Waals surface area contributed by atoms with Gasteiger partial charge in [-0.25, -0.2) is 9.97 Å². The van der Waals surface area contributed by atoms with Crippen molar-refractivity contribution in [1.82, 2.24) is 19.7 Å². The van der Waals surface area contributed by atoms with E-state index in [0.717, 1.165) is 11.3 Å². The molecule has 0 unspecified atom stereocenters. The van der Waals surface area contributed by atoms with Crippen LogP contribution in [0.2, 0.25) is 0 Å². The van der Waals surface area contributed by atoms with Crippen LogP contribution in [0.5, 0.6) is 11.6 Å². The molecule has 0 atom stereocenters. The smallest absolute Gasteiger partial charge is 0.222 e. The summed E-state index contributed by atoms with van der Waals surface area (Å²) in [5.41, 5.74) is 8.00. The molecule has 0 amide bonds. The van der Waals surface area contributed by atoms with Gasteiger partial charge in [0.2, 0.25) is 5.88 Å². The Labute approximate surface area is 115 Å². The normalized spacial score (nSPS) is 10.4. The molecule has 0 saturated heterocycles. The van der Waals surface area contributed by atoms with Gasteiger partial charge in [-0.15, -0.1) is 0 Å². The van der Waals surface area contributed by atoms with Gasteiger partial charge in [0.05, 0.1) is 11.9 Å². The Bertz CT molecular complexity index is 720. The number of hydrogen-bond donors (Lipinski definition) is 1. The third-order valence-corrected chi connectivity index (χ3v) is 2.75. The molecule has 20 heavy (non-hydrogen) atoms. The SMILES string of the molecule is Cn1cc(-c2cc(Oc3ccc(N)cc3)ncn2)cn1. The number of anilines is 1. The van der Waals surface area contributed by atoms with Gasteiger partial charge in [-0.1, -0.05) is 0 Å². The van der Waals surface area contributed by atoms with Crippen molar-refractivity contribution in [1.29, 1.82) is 0 Å². The number of ether oxygens (including phenoxy) is 1. The van der Waals surface area contributed by atoms with Gasteiger partial charge in [-0.05, 0) is 24.3 Å². The van der Waals surface area contributed by atoms with E-state index in [0.29, 0.717) is 17.3 Å². The molecule has 0 aliphatic heterocycles. The van der Waals surface area contributed by atoms with E-state index in [4.69, 9.17) is 10.5 Å². The molecule has 100 valence electrons. The maximum atomic E-state index is 5.67. The van der Waals surface area contributed by atoms with Crippen LogP contribution in [-0.2, 0) is 7.05 Å². The van der Waals surface area contributed by atoms with Gasteiger partial charge in [0.15, 0.2) is 0 Å². The van der Waals surface area contributed by atoms with Crippen LogP contribution in [0.1, 0.15) is 0 Å². The summed E-state index contributed by atoms with van der Waals surface area (Å²) < 4.78 is 7.39. The number of rotatable bonds is 3. The van der Waals surface area contributed by atoms with Crippen molar-refractivity contribution in [2.75, 3.05) is 5.73 Å². The fourth-order valence-electron chi connectivity index (χ4n) is 1.76. The maximum Gasteiger partial charge on any atom is 0.222 e. The van der Waals surface area contributed by atoms with Crippen LogP contribution in [-0.4, -0.2) is 19.7 Å². The molecule has 1 aromatic carbocycles. The van der Waals surface area contributed by atoms with E-state index >= 15 is 0 Å². The van der Waals surface area contributed by atoms with E-state index in [-0.39, 0.29) is 0 Å². The van der Waals surface area contributed by atoms with Crippen molar-refractivity contribution in [2.45, 2.75) is 0 Å². The van der Waals surface area contributed by atoms with E-state index in [2.05, 4.69) is 15.1 Å². The second-order valence-electron chi connectivity index (χ2n) is 4.32. The van der Waals surface area contributed by atoms with Crippen LogP contribution < -0.4 is 10.5 Å². The number of nitrogen functional groups attached to an aromatic ring is 1. The summed E-state index contributed by atoms with van der Waals surface area (Å²) in [7, 11) is 1.86. The fourth-order valence-corrected chi connectivity index (χ4v) is 1.76. The van der Waals surface area contributed by atoms with Gasteiger partial charge in [0, 0.05) is 30.6 Å². The lowest BCUT2D eigenvalue weighted by Gasteiger charge is -2.05. The summed E-state index contributed by atoms with van der Waals surface area (Å²) in [6.45, 7) is 0. The largest absolute Gasteiger partial charge is 0.439 e. The number of benzene rings is 1. The molecule has 2 heterocycles. The number of hydrogen-bond acceptors (Lipinski definition) is 5. The number of aromatic nitrogens is 4. The van der Waals surface area contributed by atoms with Crippen molar-refractivity contribution < 1.29 is 4.74 Å². The molecule has 2 aromatic heterocycles. The van der Waals surface area contributed by atoms with Crippen LogP contribution in [0.3, 0.4) is 0 Å². The first-order chi connectivity index (χ1) is 9.70. The average Bonchev–Trinajstić information content (AvgIpc) is 2.89. The first kappa shape index (κ1) is 12.2. The Morgan fingerprint density at radius 3 is 2.65 bits per heavy atom. The Morgan fingerprint density at radius 1 is 1.15 bits per heavy atom. The standard InChI is InChI=1S/C14H13N5O/c1-19-8-10(7-18-19)13-6-14(17-9-16-13)20-12-4-2-11(15)3-5-12/h2-9H,15H2,1H3. The zero-order valence-electron chi connectivity index (χ0n) is 10.9. The lowest BCUT2D eigenvalue weighted by Crippen LogP contribution is -1.91. The van der Waals surface area contributed by atoms with E-state index in [9.17, 15) is 0 Å². The molecule has 0 aliphatic carbocycles. The predicted octanol–water partition coefficient (Wildman–Crippen LogP) is 2.25. The lowest BCUT2D eigenvalue weighted by molar-refractivity contribution is 0.462. The molecule has 6 nitrogen and oxygen atoms in total. The Kier molecular flexibility index (Phi) is 3.04. The minimum absolute atomic E-state index is 0.476. The highest BCUT2D eigenvalue weighted by atomic mass is 16.5. The Balaban J connectivity index is 1.86. The molecule has 0 radical (unpaired) electrons. The van der Waals surface area contributed by atoms with E-state index in [1.165, 1.54) is 6.33 Å². The second-order valence-corrected chi connectivity index (χ2v) is 4.32. The van der Waals surface area contributed by atoms with E-state index in [1.807, 2.05) is 13.2 Å². The second kappa shape index (κ2) is 5.00. The van der Waals surface area contributed by atoms with Crippen LogP contribution in [0, 0.1) is 0 Å². The summed E-state index contributed by atoms with van der Waals surface area (Å²) in [5, 5.41) is 4.12. The molecule has 3 rings (SSSR count). The zero-order chi connectivity index (χ0) is 13.9. The monoisotopic (exact) mass is 267 g/mol. The lowest BCUT2D eigenvalue weighted by atomic mass is 10.2. The third-order valence-electron chi connectivity index (χ3n) is 2.75. The van der Waals surface area contributed by atoms with Gasteiger partial charge < -0.3 is 10.5 Å². The van der Waals surface area contributed by atoms with E-state index in [1.54, 1.807) is 41.2 Å². The van der Waals surface area contributed by atoms with E-state index < -0.39 is 0 Å². The zero-order valence-corrected chi connectivity index (χ0v) is 10.9. The highest BCUT2D eigenvalue weighted by Crippen LogP contribution is 2.23. The van der Waals surface area contributed by atoms with Crippen molar-refractivity contribution in [3.63, 3.8) is 0 Å². The number of aryl methyl sites for hydroxylation is 1. The first-order valence-corrected chi connectivity index (χ1v) is 6.05. The molecule has 6 heteroatoms. The summed E-state index contributed by atoms with van der Waals surface area (Å²) in [5.74, 6) is 1.15. The van der Waals surface area contributed by atoms with Gasteiger partial charge >= 0.3 is 0 Å². The van der Waals surface area contributed by atoms with Gasteiger partial charge in [-0.3, -0.25) is 4.68 Å². The fraction of sp³-hybridized carbons (Fsp3) is 0.0714. The summed E-state index contributed by atoms with van der Waals surface area (Å²) >= 11 is 0. The Hall–Kier alpha value is -2.89. The molecule has 2 N–H and O–H groups in total. The highest BCUT2D eigenvalue weighted by Gasteiger charge is 2.05.